The van der Waals surface area contributed by atoms with Gasteiger partial charge in [-0.3, -0.25) is 9.36 Å². The van der Waals surface area contributed by atoms with E-state index in [0.29, 0.717) is 24.1 Å². The molecule has 0 fully saturated rings. The fraction of sp³-hybridized carbons (Fsp3) is 0.429. The quantitative estimate of drug-likeness (QED) is 0.539. The highest BCUT2D eigenvalue weighted by Gasteiger charge is 2.23. The van der Waals surface area contributed by atoms with Crippen LogP contribution in [0.25, 0.3) is 10.2 Å². The number of aromatic nitrogens is 2. The van der Waals surface area contributed by atoms with E-state index in [4.69, 9.17) is 16.3 Å². The number of thiophene rings is 1. The summed E-state index contributed by atoms with van der Waals surface area (Å²) < 4.78 is 7.47. The van der Waals surface area contributed by atoms with Crippen LogP contribution in [0.5, 0.6) is 5.75 Å². The molecule has 27 heavy (non-hydrogen) atoms. The first-order chi connectivity index (χ1) is 13.1. The third kappa shape index (κ3) is 4.04. The van der Waals surface area contributed by atoms with Gasteiger partial charge in [-0.05, 0) is 67.9 Å². The van der Waals surface area contributed by atoms with Crippen LogP contribution < -0.4 is 10.3 Å². The van der Waals surface area contributed by atoms with E-state index in [-0.39, 0.29) is 5.56 Å². The number of benzene rings is 1. The molecule has 1 atom stereocenters. The molecule has 0 saturated heterocycles. The lowest BCUT2D eigenvalue weighted by atomic mass is 9.89. The van der Waals surface area contributed by atoms with E-state index in [2.05, 4.69) is 11.9 Å². The molecule has 0 amide bonds. The van der Waals surface area contributed by atoms with E-state index in [1.165, 1.54) is 10.4 Å². The molecular weight excluding hydrogens is 380 g/mol. The molecule has 0 aliphatic heterocycles. The van der Waals surface area contributed by atoms with Crippen LogP contribution in [0.2, 0.25) is 5.02 Å². The van der Waals surface area contributed by atoms with Gasteiger partial charge in [-0.15, -0.1) is 11.3 Å². The van der Waals surface area contributed by atoms with Gasteiger partial charge in [0.2, 0.25) is 0 Å². The standard InChI is InChI=1S/C21H23ClN2O2S/c1-14-4-9-17-18(12-14)27-20-19(17)21(25)24(13-23-20)10-2-3-11-26-16-7-5-15(22)6-8-16/h5-8,13-14H,2-4,9-12H2,1H3/t14-/m1/s1. The second kappa shape index (κ2) is 8.03. The van der Waals surface area contributed by atoms with E-state index >= 15 is 0 Å². The molecule has 4 nitrogen and oxygen atoms in total. The number of nitrogens with zero attached hydrogens (tertiary/aromatic N) is 2. The Bertz CT molecular complexity index is 994. The fourth-order valence-corrected chi connectivity index (χ4v) is 5.10. The highest BCUT2D eigenvalue weighted by molar-refractivity contribution is 7.18. The molecule has 3 aromatic rings. The summed E-state index contributed by atoms with van der Waals surface area (Å²) in [6.45, 7) is 3.58. The highest BCUT2D eigenvalue weighted by atomic mass is 35.5. The molecule has 0 unspecified atom stereocenters. The van der Waals surface area contributed by atoms with E-state index in [9.17, 15) is 4.79 Å². The molecule has 0 radical (unpaired) electrons. The van der Waals surface area contributed by atoms with Gasteiger partial charge in [-0.2, -0.15) is 0 Å². The Morgan fingerprint density at radius 1 is 1.30 bits per heavy atom. The molecule has 142 valence electrons. The molecular formula is C21H23ClN2O2S. The maximum atomic E-state index is 12.9. The smallest absolute Gasteiger partial charge is 0.262 e. The van der Waals surface area contributed by atoms with Crippen LogP contribution >= 0.6 is 22.9 Å². The van der Waals surface area contributed by atoms with Gasteiger partial charge >= 0.3 is 0 Å². The van der Waals surface area contributed by atoms with Gasteiger partial charge in [0.1, 0.15) is 10.6 Å². The minimum atomic E-state index is 0.116. The van der Waals surface area contributed by atoms with Crippen molar-refractivity contribution in [1.29, 1.82) is 0 Å². The van der Waals surface area contributed by atoms with Crippen LogP contribution in [0.4, 0.5) is 0 Å². The van der Waals surface area contributed by atoms with Crippen molar-refractivity contribution in [2.24, 2.45) is 5.92 Å². The zero-order valence-electron chi connectivity index (χ0n) is 15.4. The second-order valence-corrected chi connectivity index (χ2v) is 8.80. The molecule has 0 bridgehead atoms. The first kappa shape index (κ1) is 18.5. The van der Waals surface area contributed by atoms with E-state index in [0.717, 1.165) is 48.1 Å². The van der Waals surface area contributed by atoms with Crippen molar-refractivity contribution < 1.29 is 4.74 Å². The minimum absolute atomic E-state index is 0.116. The summed E-state index contributed by atoms with van der Waals surface area (Å²) in [5.74, 6) is 1.52. The van der Waals surface area contributed by atoms with Gasteiger partial charge in [-0.1, -0.05) is 18.5 Å². The van der Waals surface area contributed by atoms with Crippen molar-refractivity contribution in [3.05, 3.63) is 56.4 Å². The van der Waals surface area contributed by atoms with Gasteiger partial charge in [0.25, 0.3) is 5.56 Å². The number of halogens is 1. The molecule has 1 aromatic carbocycles. The van der Waals surface area contributed by atoms with E-state index in [1.807, 2.05) is 24.3 Å². The molecule has 4 rings (SSSR count). The number of fused-ring (bicyclic) bond motifs is 3. The molecule has 0 saturated carbocycles. The molecule has 1 aliphatic carbocycles. The highest BCUT2D eigenvalue weighted by Crippen LogP contribution is 2.35. The summed E-state index contributed by atoms with van der Waals surface area (Å²) in [5.41, 5.74) is 1.37. The zero-order chi connectivity index (χ0) is 18.8. The molecule has 2 aromatic heterocycles. The van der Waals surface area contributed by atoms with Crippen molar-refractivity contribution in [2.45, 2.75) is 45.6 Å². The molecule has 0 spiro atoms. The van der Waals surface area contributed by atoms with Gasteiger partial charge < -0.3 is 4.74 Å². The third-order valence-electron chi connectivity index (χ3n) is 5.16. The molecule has 2 heterocycles. The summed E-state index contributed by atoms with van der Waals surface area (Å²) in [7, 11) is 0. The van der Waals surface area contributed by atoms with E-state index < -0.39 is 0 Å². The summed E-state index contributed by atoms with van der Waals surface area (Å²) >= 11 is 7.57. The van der Waals surface area contributed by atoms with Crippen molar-refractivity contribution >= 4 is 33.2 Å². The van der Waals surface area contributed by atoms with Gasteiger partial charge in [0, 0.05) is 16.4 Å². The third-order valence-corrected chi connectivity index (χ3v) is 6.57. The Balaban J connectivity index is 1.38. The normalized spacial score (nSPS) is 16.4. The van der Waals surface area contributed by atoms with Crippen LogP contribution in [0.1, 0.15) is 36.6 Å². The zero-order valence-corrected chi connectivity index (χ0v) is 17.0. The SMILES string of the molecule is C[C@@H]1CCc2c(sc3ncn(CCCCOc4ccc(Cl)cc4)c(=O)c23)C1. The predicted octanol–water partition coefficient (Wildman–Crippen LogP) is 5.10. The summed E-state index contributed by atoms with van der Waals surface area (Å²) in [6.07, 6.45) is 6.71. The van der Waals surface area contributed by atoms with Gasteiger partial charge in [0.15, 0.2) is 0 Å². The Morgan fingerprint density at radius 3 is 2.93 bits per heavy atom. The Kier molecular flexibility index (Phi) is 5.50. The molecule has 6 heteroatoms. The largest absolute Gasteiger partial charge is 0.494 e. The van der Waals surface area contributed by atoms with Crippen LogP contribution in [0.3, 0.4) is 0 Å². The Labute approximate surface area is 167 Å². The van der Waals surface area contributed by atoms with Crippen LogP contribution in [-0.2, 0) is 19.4 Å². The fourth-order valence-electron chi connectivity index (χ4n) is 3.63. The Morgan fingerprint density at radius 2 is 2.11 bits per heavy atom. The first-order valence-corrected chi connectivity index (χ1v) is 10.7. The predicted molar refractivity (Wildman–Crippen MR) is 111 cm³/mol. The Hall–Kier alpha value is -1.85. The average Bonchev–Trinajstić information content (AvgIpc) is 3.03. The van der Waals surface area contributed by atoms with Crippen molar-refractivity contribution in [2.75, 3.05) is 6.61 Å². The van der Waals surface area contributed by atoms with Crippen molar-refractivity contribution in [3.63, 3.8) is 0 Å². The van der Waals surface area contributed by atoms with Crippen molar-refractivity contribution in [1.82, 2.24) is 9.55 Å². The number of unbranched alkanes of at least 4 members (excludes halogenated alkanes) is 1. The number of ether oxygens (including phenoxy) is 1. The molecule has 1 aliphatic rings. The maximum Gasteiger partial charge on any atom is 0.262 e. The van der Waals surface area contributed by atoms with Gasteiger partial charge in [0.05, 0.1) is 18.3 Å². The number of aryl methyl sites for hydroxylation is 2. The number of rotatable bonds is 6. The lowest BCUT2D eigenvalue weighted by Crippen LogP contribution is -2.22. The maximum absolute atomic E-state index is 12.9. The summed E-state index contributed by atoms with van der Waals surface area (Å²) in [6, 6.07) is 7.37. The lowest BCUT2D eigenvalue weighted by Gasteiger charge is -2.17. The lowest BCUT2D eigenvalue weighted by molar-refractivity contribution is 0.303. The molecule has 0 N–H and O–H groups in total. The summed E-state index contributed by atoms with van der Waals surface area (Å²) in [5, 5.41) is 1.57. The minimum Gasteiger partial charge on any atom is -0.494 e. The summed E-state index contributed by atoms with van der Waals surface area (Å²) in [4.78, 5) is 19.8. The van der Waals surface area contributed by atoms with Crippen LogP contribution in [-0.4, -0.2) is 16.2 Å². The van der Waals surface area contributed by atoms with Gasteiger partial charge in [-0.25, -0.2) is 4.98 Å². The average molecular weight is 403 g/mol. The topological polar surface area (TPSA) is 44.1 Å². The van der Waals surface area contributed by atoms with E-state index in [1.54, 1.807) is 22.2 Å². The van der Waals surface area contributed by atoms with Crippen LogP contribution in [0.15, 0.2) is 35.4 Å². The second-order valence-electron chi connectivity index (χ2n) is 7.28. The number of hydrogen-bond donors (Lipinski definition) is 0. The van der Waals surface area contributed by atoms with Crippen molar-refractivity contribution in [3.8, 4) is 5.75 Å². The van der Waals surface area contributed by atoms with Crippen LogP contribution in [0, 0.1) is 5.92 Å². The number of hydrogen-bond acceptors (Lipinski definition) is 4. The monoisotopic (exact) mass is 402 g/mol. The first-order valence-electron chi connectivity index (χ1n) is 9.50.